The standard InChI is InChI=1S/C30H14I2N2O8/c31-33-25(35)21-11-5-17(13-23(21)27(33)37)29(39)41-19-7-1-15(2-8-19)16-3-9-20(10-4-16)42-30(40)18-6-12-22-24(14-18)28(38)34(32)26(22)36/h1-14H. The predicted octanol–water partition coefficient (Wildman–Crippen LogP) is 5.68. The highest BCUT2D eigenvalue weighted by Gasteiger charge is 2.36. The first kappa shape index (κ1) is 27.7. The minimum Gasteiger partial charge on any atom is -0.423 e. The predicted molar refractivity (Wildman–Crippen MR) is 164 cm³/mol. The van der Waals surface area contributed by atoms with Crippen LogP contribution in [0.3, 0.4) is 0 Å². The molecule has 0 unspecified atom stereocenters. The van der Waals surface area contributed by atoms with Crippen molar-refractivity contribution in [3.8, 4) is 22.6 Å². The van der Waals surface area contributed by atoms with Crippen molar-refractivity contribution in [2.24, 2.45) is 0 Å². The van der Waals surface area contributed by atoms with Gasteiger partial charge in [-0.3, -0.25) is 19.2 Å². The average molecular weight is 784 g/mol. The monoisotopic (exact) mass is 784 g/mol. The number of esters is 2. The van der Waals surface area contributed by atoms with Crippen LogP contribution in [0.4, 0.5) is 0 Å². The van der Waals surface area contributed by atoms with E-state index in [9.17, 15) is 28.8 Å². The Kier molecular flexibility index (Phi) is 7.10. The van der Waals surface area contributed by atoms with Crippen LogP contribution in [-0.4, -0.2) is 41.8 Å². The van der Waals surface area contributed by atoms with Crippen LogP contribution in [0.5, 0.6) is 11.5 Å². The molecule has 0 fully saturated rings. The second-order valence-electron chi connectivity index (χ2n) is 9.13. The van der Waals surface area contributed by atoms with Crippen LogP contribution < -0.4 is 9.47 Å². The molecular formula is C30H14I2N2O8. The van der Waals surface area contributed by atoms with Gasteiger partial charge in [0, 0.05) is 0 Å². The molecule has 12 heteroatoms. The van der Waals surface area contributed by atoms with Gasteiger partial charge in [0.05, 0.1) is 79.1 Å². The summed E-state index contributed by atoms with van der Waals surface area (Å²) in [7, 11) is 0. The summed E-state index contributed by atoms with van der Waals surface area (Å²) in [4.78, 5) is 73.9. The quantitative estimate of drug-likeness (QED) is 0.0832. The number of halogens is 2. The van der Waals surface area contributed by atoms with Gasteiger partial charge in [0.15, 0.2) is 0 Å². The van der Waals surface area contributed by atoms with Crippen molar-refractivity contribution < 1.29 is 38.2 Å². The van der Waals surface area contributed by atoms with E-state index in [2.05, 4.69) is 0 Å². The number of carbonyl (C=O) groups excluding carboxylic acids is 6. The first-order valence-electron chi connectivity index (χ1n) is 12.1. The van der Waals surface area contributed by atoms with Crippen molar-refractivity contribution in [1.82, 2.24) is 6.23 Å². The van der Waals surface area contributed by atoms with Crippen molar-refractivity contribution in [2.75, 3.05) is 0 Å². The first-order chi connectivity index (χ1) is 20.1. The third kappa shape index (κ3) is 4.85. The second-order valence-corrected chi connectivity index (χ2v) is 11.1. The molecule has 6 rings (SSSR count). The summed E-state index contributed by atoms with van der Waals surface area (Å²) >= 11 is 3.25. The van der Waals surface area contributed by atoms with Gasteiger partial charge >= 0.3 is 11.9 Å². The Hall–Kier alpha value is -4.44. The Labute approximate surface area is 265 Å². The van der Waals surface area contributed by atoms with Crippen molar-refractivity contribution in [1.29, 1.82) is 0 Å². The van der Waals surface area contributed by atoms with Crippen LogP contribution >= 0.6 is 45.7 Å². The largest absolute Gasteiger partial charge is 0.423 e. The van der Waals surface area contributed by atoms with Gasteiger partial charge in [-0.2, -0.15) is 0 Å². The number of rotatable bonds is 5. The average Bonchev–Trinajstić information content (AvgIpc) is 3.36. The van der Waals surface area contributed by atoms with Crippen molar-refractivity contribution in [2.45, 2.75) is 0 Å². The highest BCUT2D eigenvalue weighted by atomic mass is 127. The van der Waals surface area contributed by atoms with Crippen LogP contribution in [0.15, 0.2) is 84.9 Å². The van der Waals surface area contributed by atoms with Gasteiger partial charge in [-0.15, -0.1) is 0 Å². The lowest BCUT2D eigenvalue weighted by Gasteiger charge is -2.08. The van der Waals surface area contributed by atoms with Crippen LogP contribution in [0.1, 0.15) is 62.1 Å². The van der Waals surface area contributed by atoms with E-state index in [4.69, 9.17) is 9.47 Å². The molecular weight excluding hydrogens is 770 g/mol. The molecule has 10 nitrogen and oxygen atoms in total. The fourth-order valence-corrected chi connectivity index (χ4v) is 5.48. The summed E-state index contributed by atoms with van der Waals surface area (Å²) in [6, 6.07) is 21.9. The van der Waals surface area contributed by atoms with Crippen LogP contribution in [-0.2, 0) is 0 Å². The first-order valence-corrected chi connectivity index (χ1v) is 14.1. The molecule has 2 aliphatic heterocycles. The van der Waals surface area contributed by atoms with Crippen molar-refractivity contribution in [3.63, 3.8) is 0 Å². The minimum absolute atomic E-state index is 0.141. The Balaban J connectivity index is 1.10. The normalized spacial score (nSPS) is 13.8. The maximum atomic E-state index is 12.7. The molecule has 0 saturated heterocycles. The molecule has 2 aliphatic rings. The van der Waals surface area contributed by atoms with Gasteiger partial charge in [-0.05, 0) is 71.8 Å². The number of imide groups is 2. The van der Waals surface area contributed by atoms with Gasteiger partial charge in [-0.1, -0.05) is 24.3 Å². The highest BCUT2D eigenvalue weighted by molar-refractivity contribution is 14.1. The number of hydrogen-bond acceptors (Lipinski definition) is 8. The summed E-state index contributed by atoms with van der Waals surface area (Å²) in [5.74, 6) is -2.60. The maximum Gasteiger partial charge on any atom is 0.343 e. The lowest BCUT2D eigenvalue weighted by Crippen LogP contribution is -2.17. The second kappa shape index (κ2) is 10.8. The third-order valence-corrected chi connectivity index (χ3v) is 8.36. The molecule has 0 N–H and O–H groups in total. The number of benzene rings is 4. The molecule has 0 bridgehead atoms. The van der Waals surface area contributed by atoms with E-state index < -0.39 is 35.6 Å². The van der Waals surface area contributed by atoms with E-state index in [-0.39, 0.29) is 44.9 Å². The zero-order valence-electron chi connectivity index (χ0n) is 21.0. The number of carbonyl (C=O) groups is 6. The van der Waals surface area contributed by atoms with Gasteiger partial charge in [0.25, 0.3) is 23.6 Å². The lowest BCUT2D eigenvalue weighted by molar-refractivity contribution is 0.0724. The van der Waals surface area contributed by atoms with Crippen molar-refractivity contribution >= 4 is 81.3 Å². The Bertz CT molecular complexity index is 1730. The molecule has 4 aromatic rings. The summed E-state index contributed by atoms with van der Waals surface area (Å²) in [6.45, 7) is 0. The Morgan fingerprint density at radius 2 is 0.810 bits per heavy atom. The molecule has 0 aromatic heterocycles. The topological polar surface area (TPSA) is 127 Å². The SMILES string of the molecule is O=C(Oc1ccc(-c2ccc(OC(=O)c3ccc4c(c3)C(=O)N(I)C4=O)cc2)cc1)c1ccc2c(c1)C(=O)N(I)C2=O. The molecule has 0 atom stereocenters. The summed E-state index contributed by atoms with van der Waals surface area (Å²) < 4.78 is 12.8. The highest BCUT2D eigenvalue weighted by Crippen LogP contribution is 2.30. The molecule has 0 saturated carbocycles. The number of amides is 4. The fourth-order valence-electron chi connectivity index (χ4n) is 4.44. The molecule has 4 amide bonds. The van der Waals surface area contributed by atoms with E-state index in [1.807, 2.05) is 0 Å². The number of ether oxygens (including phenoxy) is 2. The number of nitrogens with zero attached hydrogens (tertiary/aromatic N) is 2. The summed E-state index contributed by atoms with van der Waals surface area (Å²) in [5, 5.41) is 0. The third-order valence-electron chi connectivity index (χ3n) is 6.61. The van der Waals surface area contributed by atoms with Crippen LogP contribution in [0.25, 0.3) is 11.1 Å². The zero-order valence-corrected chi connectivity index (χ0v) is 25.3. The molecule has 0 radical (unpaired) electrons. The summed E-state index contributed by atoms with van der Waals surface area (Å²) in [6.07, 6.45) is 0. The Morgan fingerprint density at radius 1 is 0.476 bits per heavy atom. The molecule has 0 spiro atoms. The Morgan fingerprint density at radius 3 is 1.17 bits per heavy atom. The maximum absolute atomic E-state index is 12.7. The summed E-state index contributed by atoms with van der Waals surface area (Å²) in [5.41, 5.74) is 2.68. The number of fused-ring (bicyclic) bond motifs is 2. The van der Waals surface area contributed by atoms with E-state index >= 15 is 0 Å². The lowest BCUT2D eigenvalue weighted by atomic mass is 10.0. The van der Waals surface area contributed by atoms with Gasteiger partial charge in [0.1, 0.15) is 11.5 Å². The smallest absolute Gasteiger partial charge is 0.343 e. The van der Waals surface area contributed by atoms with Gasteiger partial charge < -0.3 is 9.47 Å². The molecule has 0 aliphatic carbocycles. The molecule has 206 valence electrons. The zero-order chi connectivity index (χ0) is 29.7. The van der Waals surface area contributed by atoms with E-state index in [1.165, 1.54) is 36.4 Å². The van der Waals surface area contributed by atoms with Crippen LogP contribution in [0, 0.1) is 0 Å². The minimum atomic E-state index is -0.671. The van der Waals surface area contributed by atoms with E-state index in [0.717, 1.165) is 17.4 Å². The van der Waals surface area contributed by atoms with Gasteiger partial charge in [0.2, 0.25) is 0 Å². The molecule has 42 heavy (non-hydrogen) atoms. The van der Waals surface area contributed by atoms with Crippen molar-refractivity contribution in [3.05, 3.63) is 118 Å². The molecule has 4 aromatic carbocycles. The number of hydrogen-bond donors (Lipinski definition) is 0. The molecule has 2 heterocycles. The fraction of sp³-hybridized carbons (Fsp3) is 0. The van der Waals surface area contributed by atoms with Gasteiger partial charge in [-0.25, -0.2) is 15.8 Å². The van der Waals surface area contributed by atoms with E-state index in [1.54, 1.807) is 94.3 Å². The van der Waals surface area contributed by atoms with Crippen LogP contribution in [0.2, 0.25) is 0 Å². The van der Waals surface area contributed by atoms with E-state index in [0.29, 0.717) is 0 Å².